The Morgan fingerprint density at radius 3 is 2.22 bits per heavy atom. The molecule has 1 fully saturated rings. The number of likely N-dealkylation sites (tertiary alicyclic amines) is 1. The fourth-order valence-corrected chi connectivity index (χ4v) is 6.78. The number of Topliss-reactive ketones (excluding diaryl/α,β-unsaturated/α-hetero) is 1. The standard InChI is InChI=1S/C25H31N3O6S2/c1-35(30,31)26-19-5-3-18-14-21(7-4-17(18)13-19)28-11-9-25(10-12-28)16-23(29)22-15-20(27-36(2,32)33)6-8-24(22)34-25/h3,5-6,8,13,15,21,26-27H,4,7,9-12,14,16H2,1-2H3/t21-/m1/s1. The normalized spacial score (nSPS) is 21.8. The summed E-state index contributed by atoms with van der Waals surface area (Å²) in [4.78, 5) is 15.5. The second kappa shape index (κ2) is 9.04. The molecule has 2 heterocycles. The Balaban J connectivity index is 1.23. The van der Waals surface area contributed by atoms with Crippen LogP contribution in [0.4, 0.5) is 11.4 Å². The molecule has 9 nitrogen and oxygen atoms in total. The van der Waals surface area contributed by atoms with Crippen LogP contribution >= 0.6 is 0 Å². The largest absolute Gasteiger partial charge is 0.486 e. The number of piperidine rings is 1. The summed E-state index contributed by atoms with van der Waals surface area (Å²) in [6.07, 6.45) is 6.84. The van der Waals surface area contributed by atoms with Gasteiger partial charge < -0.3 is 4.74 Å². The Hall–Kier alpha value is -2.63. The van der Waals surface area contributed by atoms with Crippen LogP contribution in [0.25, 0.3) is 0 Å². The molecule has 1 aliphatic carbocycles. The molecule has 36 heavy (non-hydrogen) atoms. The van der Waals surface area contributed by atoms with E-state index in [9.17, 15) is 21.6 Å². The molecule has 0 bridgehead atoms. The van der Waals surface area contributed by atoms with Gasteiger partial charge in [0, 0.05) is 43.3 Å². The Kier molecular flexibility index (Phi) is 6.29. The summed E-state index contributed by atoms with van der Waals surface area (Å²) < 4.78 is 57.5. The first-order valence-corrected chi connectivity index (χ1v) is 15.8. The number of aryl methyl sites for hydroxylation is 1. The number of ketones is 1. The number of benzene rings is 2. The minimum Gasteiger partial charge on any atom is -0.486 e. The highest BCUT2D eigenvalue weighted by Crippen LogP contribution is 2.41. The van der Waals surface area contributed by atoms with E-state index in [4.69, 9.17) is 4.74 Å². The molecule has 2 aromatic rings. The minimum atomic E-state index is -3.43. The average Bonchev–Trinajstić information content (AvgIpc) is 2.78. The van der Waals surface area contributed by atoms with Crippen molar-refractivity contribution in [3.8, 4) is 5.75 Å². The van der Waals surface area contributed by atoms with E-state index in [0.717, 1.165) is 57.7 Å². The Bertz CT molecular complexity index is 1410. The molecule has 11 heteroatoms. The first kappa shape index (κ1) is 25.0. The van der Waals surface area contributed by atoms with E-state index < -0.39 is 25.6 Å². The van der Waals surface area contributed by atoms with Gasteiger partial charge >= 0.3 is 0 Å². The van der Waals surface area contributed by atoms with Gasteiger partial charge in [-0.15, -0.1) is 0 Å². The maximum Gasteiger partial charge on any atom is 0.229 e. The number of ether oxygens (including phenoxy) is 1. The third-order valence-electron chi connectivity index (χ3n) is 7.33. The topological polar surface area (TPSA) is 122 Å². The third kappa shape index (κ3) is 5.52. The van der Waals surface area contributed by atoms with Gasteiger partial charge in [-0.25, -0.2) is 16.8 Å². The molecule has 0 aromatic heterocycles. The van der Waals surface area contributed by atoms with Crippen molar-refractivity contribution in [3.63, 3.8) is 0 Å². The molecular formula is C25H31N3O6S2. The fraction of sp³-hybridized carbons (Fsp3) is 0.480. The third-order valence-corrected chi connectivity index (χ3v) is 8.54. The van der Waals surface area contributed by atoms with E-state index in [1.165, 1.54) is 11.1 Å². The lowest BCUT2D eigenvalue weighted by molar-refractivity contribution is -0.0200. The number of hydrogen-bond acceptors (Lipinski definition) is 7. The second-order valence-electron chi connectivity index (χ2n) is 10.3. The fourth-order valence-electron chi connectivity index (χ4n) is 5.67. The Morgan fingerprint density at radius 1 is 0.917 bits per heavy atom. The molecule has 0 radical (unpaired) electrons. The summed E-state index contributed by atoms with van der Waals surface area (Å²) in [5.74, 6) is 0.496. The van der Waals surface area contributed by atoms with Crippen molar-refractivity contribution in [3.05, 3.63) is 53.1 Å². The zero-order valence-corrected chi connectivity index (χ0v) is 22.0. The maximum atomic E-state index is 13.0. The van der Waals surface area contributed by atoms with Crippen molar-refractivity contribution in [1.82, 2.24) is 4.90 Å². The van der Waals surface area contributed by atoms with Crippen molar-refractivity contribution in [2.24, 2.45) is 0 Å². The van der Waals surface area contributed by atoms with E-state index in [0.29, 0.717) is 35.2 Å². The highest BCUT2D eigenvalue weighted by atomic mass is 32.2. The van der Waals surface area contributed by atoms with Crippen molar-refractivity contribution in [2.45, 2.75) is 50.2 Å². The summed E-state index contributed by atoms with van der Waals surface area (Å²) in [6.45, 7) is 1.67. The summed E-state index contributed by atoms with van der Waals surface area (Å²) in [7, 11) is -6.73. The van der Waals surface area contributed by atoms with Crippen LogP contribution in [0.1, 0.15) is 47.2 Å². The number of nitrogens with zero attached hydrogens (tertiary/aromatic N) is 1. The molecule has 1 saturated heterocycles. The summed E-state index contributed by atoms with van der Waals surface area (Å²) >= 11 is 0. The van der Waals surface area contributed by atoms with Gasteiger partial charge in [0.2, 0.25) is 20.0 Å². The lowest BCUT2D eigenvalue weighted by Crippen LogP contribution is -2.54. The van der Waals surface area contributed by atoms with Crippen LogP contribution in [0.2, 0.25) is 0 Å². The van der Waals surface area contributed by atoms with Crippen molar-refractivity contribution < 1.29 is 26.4 Å². The van der Waals surface area contributed by atoms with Crippen molar-refractivity contribution in [1.29, 1.82) is 0 Å². The number of rotatable bonds is 5. The number of hydrogen-bond donors (Lipinski definition) is 2. The lowest BCUT2D eigenvalue weighted by atomic mass is 9.80. The van der Waals surface area contributed by atoms with Crippen LogP contribution in [0.5, 0.6) is 5.75 Å². The molecule has 5 rings (SSSR count). The molecule has 2 aromatic carbocycles. The van der Waals surface area contributed by atoms with Gasteiger partial charge in [-0.3, -0.25) is 19.1 Å². The molecule has 2 N–H and O–H groups in total. The van der Waals surface area contributed by atoms with Crippen LogP contribution in [-0.4, -0.2) is 64.8 Å². The number of sulfonamides is 2. The number of fused-ring (bicyclic) bond motifs is 2. The van der Waals surface area contributed by atoms with E-state index in [1.807, 2.05) is 18.2 Å². The van der Waals surface area contributed by atoms with E-state index in [-0.39, 0.29) is 5.78 Å². The van der Waals surface area contributed by atoms with Gasteiger partial charge in [-0.05, 0) is 60.7 Å². The first-order chi connectivity index (χ1) is 16.9. The maximum absolute atomic E-state index is 13.0. The number of nitrogens with one attached hydrogen (secondary N) is 2. The Labute approximate surface area is 212 Å². The summed E-state index contributed by atoms with van der Waals surface area (Å²) in [6, 6.07) is 11.0. The summed E-state index contributed by atoms with van der Waals surface area (Å²) in [5, 5.41) is 0. The predicted molar refractivity (Wildman–Crippen MR) is 139 cm³/mol. The van der Waals surface area contributed by atoms with Crippen LogP contribution in [0, 0.1) is 0 Å². The molecule has 0 saturated carbocycles. The average molecular weight is 534 g/mol. The van der Waals surface area contributed by atoms with E-state index in [2.05, 4.69) is 14.3 Å². The smallest absolute Gasteiger partial charge is 0.229 e. The van der Waals surface area contributed by atoms with E-state index >= 15 is 0 Å². The molecule has 0 unspecified atom stereocenters. The summed E-state index contributed by atoms with van der Waals surface area (Å²) in [5.41, 5.74) is 3.30. The van der Waals surface area contributed by atoms with Crippen LogP contribution in [-0.2, 0) is 32.9 Å². The van der Waals surface area contributed by atoms with E-state index in [1.54, 1.807) is 18.2 Å². The molecule has 2 aliphatic heterocycles. The molecular weight excluding hydrogens is 502 g/mol. The van der Waals surface area contributed by atoms with Crippen LogP contribution in [0.3, 0.4) is 0 Å². The number of carbonyl (C=O) groups excluding carboxylic acids is 1. The monoisotopic (exact) mass is 533 g/mol. The van der Waals surface area contributed by atoms with Gasteiger partial charge in [0.25, 0.3) is 0 Å². The van der Waals surface area contributed by atoms with Gasteiger partial charge in [-0.2, -0.15) is 0 Å². The van der Waals surface area contributed by atoms with Gasteiger partial charge in [0.1, 0.15) is 11.4 Å². The predicted octanol–water partition coefficient (Wildman–Crippen LogP) is 2.79. The lowest BCUT2D eigenvalue weighted by Gasteiger charge is -2.46. The Morgan fingerprint density at radius 2 is 1.56 bits per heavy atom. The number of carbonyl (C=O) groups is 1. The zero-order valence-electron chi connectivity index (χ0n) is 20.4. The molecule has 3 aliphatic rings. The van der Waals surface area contributed by atoms with Gasteiger partial charge in [0.05, 0.1) is 24.5 Å². The quantitative estimate of drug-likeness (QED) is 0.606. The molecule has 194 valence electrons. The SMILES string of the molecule is CS(=O)(=O)Nc1ccc2c(c1)CC[C@@H](N1CCC3(CC1)CC(=O)c1cc(NS(C)(=O)=O)ccc1O3)C2. The molecule has 1 atom stereocenters. The molecule has 1 spiro atoms. The van der Waals surface area contributed by atoms with Gasteiger partial charge in [0.15, 0.2) is 5.78 Å². The van der Waals surface area contributed by atoms with Gasteiger partial charge in [-0.1, -0.05) is 6.07 Å². The number of anilines is 2. The van der Waals surface area contributed by atoms with Crippen molar-refractivity contribution in [2.75, 3.05) is 35.0 Å². The minimum absolute atomic E-state index is 0.0213. The van der Waals surface area contributed by atoms with Crippen LogP contribution < -0.4 is 14.2 Å². The highest BCUT2D eigenvalue weighted by Gasteiger charge is 2.44. The van der Waals surface area contributed by atoms with Crippen molar-refractivity contribution >= 4 is 37.2 Å². The van der Waals surface area contributed by atoms with Crippen LogP contribution in [0.15, 0.2) is 36.4 Å². The zero-order chi connectivity index (χ0) is 25.7. The molecule has 0 amide bonds. The first-order valence-electron chi connectivity index (χ1n) is 12.1. The second-order valence-corrected chi connectivity index (χ2v) is 13.8. The highest BCUT2D eigenvalue weighted by molar-refractivity contribution is 7.92.